The third-order valence-corrected chi connectivity index (χ3v) is 4.30. The van der Waals surface area contributed by atoms with Crippen LogP contribution < -0.4 is 9.47 Å². The van der Waals surface area contributed by atoms with Crippen LogP contribution in [0.5, 0.6) is 11.5 Å². The Kier molecular flexibility index (Phi) is 4.59. The Balaban J connectivity index is 1.73. The van der Waals surface area contributed by atoms with Crippen molar-refractivity contribution in [2.75, 3.05) is 27.3 Å². The first kappa shape index (κ1) is 14.9. The summed E-state index contributed by atoms with van der Waals surface area (Å²) >= 11 is 0. The normalized spacial score (nSPS) is 18.4. The molecule has 4 nitrogen and oxygen atoms in total. The highest BCUT2D eigenvalue weighted by Gasteiger charge is 2.27. The SMILES string of the molecule is COc1cccc(C2CCN(Cc3ccncc3)C2)c1OC. The quantitative estimate of drug-likeness (QED) is 0.849. The molecule has 4 heteroatoms. The number of hydrogen-bond acceptors (Lipinski definition) is 4. The maximum atomic E-state index is 5.58. The Morgan fingerprint density at radius 3 is 2.68 bits per heavy atom. The van der Waals surface area contributed by atoms with Crippen LogP contribution in [0.3, 0.4) is 0 Å². The van der Waals surface area contributed by atoms with Gasteiger partial charge in [0.05, 0.1) is 14.2 Å². The van der Waals surface area contributed by atoms with E-state index < -0.39 is 0 Å². The second-order valence-electron chi connectivity index (χ2n) is 5.66. The third-order valence-electron chi connectivity index (χ3n) is 4.30. The summed E-state index contributed by atoms with van der Waals surface area (Å²) in [6.45, 7) is 3.13. The van der Waals surface area contributed by atoms with Crippen molar-refractivity contribution >= 4 is 0 Å². The summed E-state index contributed by atoms with van der Waals surface area (Å²) in [4.78, 5) is 6.56. The molecule has 0 bridgehead atoms. The van der Waals surface area contributed by atoms with Crippen LogP contribution in [0, 0.1) is 0 Å². The van der Waals surface area contributed by atoms with E-state index in [-0.39, 0.29) is 0 Å². The Hall–Kier alpha value is -2.07. The predicted octanol–water partition coefficient (Wildman–Crippen LogP) is 3.09. The number of benzene rings is 1. The summed E-state index contributed by atoms with van der Waals surface area (Å²) in [6.07, 6.45) is 4.86. The highest BCUT2D eigenvalue weighted by molar-refractivity contribution is 5.48. The second-order valence-corrected chi connectivity index (χ2v) is 5.66. The van der Waals surface area contributed by atoms with Crippen LogP contribution in [0.4, 0.5) is 0 Å². The molecule has 2 heterocycles. The summed E-state index contributed by atoms with van der Waals surface area (Å²) in [5.74, 6) is 2.18. The Bertz CT molecular complexity index is 616. The molecule has 1 aromatic heterocycles. The Labute approximate surface area is 131 Å². The minimum absolute atomic E-state index is 0.492. The predicted molar refractivity (Wildman–Crippen MR) is 86.4 cm³/mol. The van der Waals surface area contributed by atoms with E-state index in [4.69, 9.17) is 9.47 Å². The highest BCUT2D eigenvalue weighted by atomic mass is 16.5. The molecule has 0 saturated carbocycles. The van der Waals surface area contributed by atoms with Crippen molar-refractivity contribution < 1.29 is 9.47 Å². The zero-order valence-corrected chi connectivity index (χ0v) is 13.2. The summed E-state index contributed by atoms with van der Waals surface area (Å²) in [7, 11) is 3.40. The number of aromatic nitrogens is 1. The molecular weight excluding hydrogens is 276 g/mol. The number of ether oxygens (including phenoxy) is 2. The van der Waals surface area contributed by atoms with Crippen molar-refractivity contribution in [2.24, 2.45) is 0 Å². The molecule has 1 aliphatic rings. The maximum Gasteiger partial charge on any atom is 0.164 e. The topological polar surface area (TPSA) is 34.6 Å². The minimum Gasteiger partial charge on any atom is -0.493 e. The molecule has 116 valence electrons. The lowest BCUT2D eigenvalue weighted by atomic mass is 9.97. The number of para-hydroxylation sites is 1. The van der Waals surface area contributed by atoms with Gasteiger partial charge in [0, 0.05) is 37.0 Å². The average Bonchev–Trinajstić information content (AvgIpc) is 3.03. The number of hydrogen-bond donors (Lipinski definition) is 0. The fourth-order valence-electron chi connectivity index (χ4n) is 3.21. The molecule has 1 fully saturated rings. The van der Waals surface area contributed by atoms with Crippen LogP contribution in [0.15, 0.2) is 42.7 Å². The van der Waals surface area contributed by atoms with Crippen molar-refractivity contribution in [3.63, 3.8) is 0 Å². The smallest absolute Gasteiger partial charge is 0.164 e. The molecule has 1 aromatic carbocycles. The highest BCUT2D eigenvalue weighted by Crippen LogP contribution is 2.39. The van der Waals surface area contributed by atoms with E-state index in [9.17, 15) is 0 Å². The zero-order chi connectivity index (χ0) is 15.4. The standard InChI is InChI=1S/C18H22N2O2/c1-21-17-5-3-4-16(18(17)22-2)15-8-11-20(13-15)12-14-6-9-19-10-7-14/h3-7,9-10,15H,8,11-13H2,1-2H3. The third kappa shape index (κ3) is 3.07. The summed E-state index contributed by atoms with van der Waals surface area (Å²) < 4.78 is 11.0. The monoisotopic (exact) mass is 298 g/mol. The molecule has 0 N–H and O–H groups in total. The van der Waals surface area contributed by atoms with Gasteiger partial charge in [-0.3, -0.25) is 9.88 Å². The average molecular weight is 298 g/mol. The van der Waals surface area contributed by atoms with E-state index in [1.54, 1.807) is 14.2 Å². The molecule has 0 aliphatic carbocycles. The molecule has 22 heavy (non-hydrogen) atoms. The van der Waals surface area contributed by atoms with Crippen LogP contribution in [0.1, 0.15) is 23.5 Å². The Morgan fingerprint density at radius 2 is 1.95 bits per heavy atom. The van der Waals surface area contributed by atoms with Gasteiger partial charge in [-0.25, -0.2) is 0 Å². The van der Waals surface area contributed by atoms with Gasteiger partial charge in [-0.05, 0) is 36.7 Å². The van der Waals surface area contributed by atoms with Gasteiger partial charge in [-0.1, -0.05) is 12.1 Å². The van der Waals surface area contributed by atoms with Gasteiger partial charge < -0.3 is 9.47 Å². The van der Waals surface area contributed by atoms with Gasteiger partial charge in [0.25, 0.3) is 0 Å². The molecular formula is C18H22N2O2. The van der Waals surface area contributed by atoms with E-state index in [0.29, 0.717) is 5.92 Å². The van der Waals surface area contributed by atoms with Crippen LogP contribution in [0.25, 0.3) is 0 Å². The van der Waals surface area contributed by atoms with Gasteiger partial charge in [0.1, 0.15) is 0 Å². The van der Waals surface area contributed by atoms with Crippen LogP contribution in [-0.4, -0.2) is 37.2 Å². The van der Waals surface area contributed by atoms with E-state index in [1.807, 2.05) is 24.5 Å². The van der Waals surface area contributed by atoms with E-state index in [1.165, 1.54) is 11.1 Å². The lowest BCUT2D eigenvalue weighted by molar-refractivity contribution is 0.323. The molecule has 1 saturated heterocycles. The van der Waals surface area contributed by atoms with Gasteiger partial charge in [-0.2, -0.15) is 0 Å². The van der Waals surface area contributed by atoms with E-state index in [2.05, 4.69) is 28.1 Å². The number of methoxy groups -OCH3 is 2. The molecule has 2 aromatic rings. The van der Waals surface area contributed by atoms with Gasteiger partial charge in [-0.15, -0.1) is 0 Å². The second kappa shape index (κ2) is 6.79. The first-order valence-electron chi connectivity index (χ1n) is 7.64. The minimum atomic E-state index is 0.492. The number of likely N-dealkylation sites (tertiary alicyclic amines) is 1. The zero-order valence-electron chi connectivity index (χ0n) is 13.2. The lowest BCUT2D eigenvalue weighted by Crippen LogP contribution is -2.19. The van der Waals surface area contributed by atoms with E-state index >= 15 is 0 Å². The Morgan fingerprint density at radius 1 is 1.14 bits per heavy atom. The molecule has 0 amide bonds. The van der Waals surface area contributed by atoms with Crippen molar-refractivity contribution in [3.05, 3.63) is 53.9 Å². The molecule has 3 rings (SSSR count). The van der Waals surface area contributed by atoms with Crippen LogP contribution in [-0.2, 0) is 6.54 Å². The first-order valence-corrected chi connectivity index (χ1v) is 7.64. The number of rotatable bonds is 5. The van der Waals surface area contributed by atoms with Crippen molar-refractivity contribution in [2.45, 2.75) is 18.9 Å². The molecule has 1 atom stereocenters. The summed E-state index contributed by atoms with van der Waals surface area (Å²) in [5.41, 5.74) is 2.56. The molecule has 1 aliphatic heterocycles. The van der Waals surface area contributed by atoms with Gasteiger partial charge >= 0.3 is 0 Å². The molecule has 0 spiro atoms. The van der Waals surface area contributed by atoms with Gasteiger partial charge in [0.15, 0.2) is 11.5 Å². The first-order chi connectivity index (χ1) is 10.8. The van der Waals surface area contributed by atoms with Crippen molar-refractivity contribution in [1.29, 1.82) is 0 Å². The van der Waals surface area contributed by atoms with Crippen LogP contribution in [0.2, 0.25) is 0 Å². The summed E-state index contributed by atoms with van der Waals surface area (Å²) in [5, 5.41) is 0. The van der Waals surface area contributed by atoms with Crippen molar-refractivity contribution in [3.8, 4) is 11.5 Å². The van der Waals surface area contributed by atoms with E-state index in [0.717, 1.165) is 37.6 Å². The van der Waals surface area contributed by atoms with Crippen molar-refractivity contribution in [1.82, 2.24) is 9.88 Å². The maximum absolute atomic E-state index is 5.58. The fourth-order valence-corrected chi connectivity index (χ4v) is 3.21. The largest absolute Gasteiger partial charge is 0.493 e. The van der Waals surface area contributed by atoms with Crippen LogP contribution >= 0.6 is 0 Å². The number of nitrogens with zero attached hydrogens (tertiary/aromatic N) is 2. The van der Waals surface area contributed by atoms with Gasteiger partial charge in [0.2, 0.25) is 0 Å². The summed E-state index contributed by atoms with van der Waals surface area (Å²) in [6, 6.07) is 10.3. The molecule has 1 unspecified atom stereocenters. The lowest BCUT2D eigenvalue weighted by Gasteiger charge is -2.19. The number of pyridine rings is 1. The fraction of sp³-hybridized carbons (Fsp3) is 0.389. The molecule has 0 radical (unpaired) electrons.